The van der Waals surface area contributed by atoms with Crippen molar-refractivity contribution in [3.05, 3.63) is 63.8 Å². The summed E-state index contributed by atoms with van der Waals surface area (Å²) in [6, 6.07) is 12.9. The first-order valence-corrected chi connectivity index (χ1v) is 8.55. The molecule has 0 aliphatic heterocycles. The minimum atomic E-state index is -0.393. The van der Waals surface area contributed by atoms with E-state index in [1.165, 1.54) is 10.8 Å². The van der Waals surface area contributed by atoms with Gasteiger partial charge in [0.15, 0.2) is 0 Å². The van der Waals surface area contributed by atoms with Crippen molar-refractivity contribution >= 4 is 38.1 Å². The van der Waals surface area contributed by atoms with E-state index >= 15 is 0 Å². The Hall–Kier alpha value is -2.84. The van der Waals surface area contributed by atoms with Crippen LogP contribution in [0, 0.1) is 10.1 Å². The van der Waals surface area contributed by atoms with E-state index in [1.807, 2.05) is 29.9 Å². The summed E-state index contributed by atoms with van der Waals surface area (Å²) in [5, 5.41) is 17.0. The number of rotatable bonds is 5. The molecule has 2 heterocycles. The van der Waals surface area contributed by atoms with Crippen molar-refractivity contribution in [1.82, 2.24) is 19.7 Å². The number of hydrogen-bond acceptors (Lipinski definition) is 6. The molecule has 0 bridgehead atoms. The molecule has 0 fully saturated rings. The van der Waals surface area contributed by atoms with E-state index in [9.17, 15) is 10.1 Å². The van der Waals surface area contributed by atoms with Crippen LogP contribution in [0.2, 0.25) is 0 Å². The molecule has 126 valence electrons. The predicted molar refractivity (Wildman–Crippen MR) is 97.5 cm³/mol. The molecule has 7 nitrogen and oxygen atoms in total. The third-order valence-corrected chi connectivity index (χ3v) is 4.98. The molecule has 0 aliphatic carbocycles. The zero-order valence-electron chi connectivity index (χ0n) is 13.5. The summed E-state index contributed by atoms with van der Waals surface area (Å²) in [5.41, 5.74) is 1.98. The molecule has 0 saturated carbocycles. The van der Waals surface area contributed by atoms with Crippen LogP contribution in [0.25, 0.3) is 21.1 Å². The van der Waals surface area contributed by atoms with E-state index in [4.69, 9.17) is 0 Å². The lowest BCUT2D eigenvalue weighted by atomic mass is 10.2. The fourth-order valence-corrected chi connectivity index (χ4v) is 3.85. The molecule has 25 heavy (non-hydrogen) atoms. The number of nitro groups is 1. The maximum atomic E-state index is 10.9. The lowest BCUT2D eigenvalue weighted by molar-refractivity contribution is -0.384. The van der Waals surface area contributed by atoms with E-state index in [0.717, 1.165) is 21.4 Å². The van der Waals surface area contributed by atoms with Crippen molar-refractivity contribution in [2.45, 2.75) is 13.2 Å². The van der Waals surface area contributed by atoms with Gasteiger partial charge in [-0.05, 0) is 25.2 Å². The highest BCUT2D eigenvalue weighted by atomic mass is 32.1. The van der Waals surface area contributed by atoms with E-state index in [1.54, 1.807) is 29.7 Å². The zero-order valence-corrected chi connectivity index (χ0v) is 14.3. The van der Waals surface area contributed by atoms with Crippen LogP contribution < -0.4 is 0 Å². The first-order valence-electron chi connectivity index (χ1n) is 7.73. The van der Waals surface area contributed by atoms with Crippen molar-refractivity contribution in [2.75, 3.05) is 7.05 Å². The molecule has 0 N–H and O–H groups in total. The fraction of sp³-hybridized carbons (Fsp3) is 0.176. The van der Waals surface area contributed by atoms with Crippen molar-refractivity contribution in [3.8, 4) is 0 Å². The number of nitrogens with zero attached hydrogens (tertiary/aromatic N) is 5. The molecule has 0 spiro atoms. The molecule has 0 unspecified atom stereocenters. The number of benzene rings is 2. The van der Waals surface area contributed by atoms with Gasteiger partial charge in [0, 0.05) is 17.5 Å². The minimum Gasteiger partial charge on any atom is -0.281 e. The highest BCUT2D eigenvalue weighted by molar-refractivity contribution is 7.18. The van der Waals surface area contributed by atoms with Gasteiger partial charge in [-0.25, -0.2) is 4.98 Å². The van der Waals surface area contributed by atoms with Crippen LogP contribution in [0.4, 0.5) is 5.69 Å². The molecule has 4 aromatic rings. The average Bonchev–Trinajstić information content (AvgIpc) is 3.17. The third kappa shape index (κ3) is 3.09. The maximum Gasteiger partial charge on any atom is 0.270 e. The second-order valence-electron chi connectivity index (χ2n) is 5.88. The standard InChI is InChI=1S/C17H15N5O2S/c1-20(10-17-19-14-4-2-3-5-16(14)25-17)11-21-15-7-6-13(22(23)24)8-12(15)9-18-21/h2-9H,10-11H2,1H3. The van der Waals surface area contributed by atoms with E-state index in [-0.39, 0.29) is 5.69 Å². The number of nitro benzene ring substituents is 1. The largest absolute Gasteiger partial charge is 0.281 e. The highest BCUT2D eigenvalue weighted by Gasteiger charge is 2.12. The molecule has 2 aromatic carbocycles. The Labute approximate surface area is 147 Å². The third-order valence-electron chi connectivity index (χ3n) is 3.95. The first kappa shape index (κ1) is 15.7. The summed E-state index contributed by atoms with van der Waals surface area (Å²) in [5.74, 6) is 0. The van der Waals surface area contributed by atoms with Crippen LogP contribution in [-0.2, 0) is 13.2 Å². The van der Waals surface area contributed by atoms with Gasteiger partial charge in [0.05, 0.1) is 40.1 Å². The molecule has 0 saturated heterocycles. The molecular weight excluding hydrogens is 338 g/mol. The van der Waals surface area contributed by atoms with Gasteiger partial charge in [0.25, 0.3) is 5.69 Å². The van der Waals surface area contributed by atoms with Gasteiger partial charge in [-0.1, -0.05) is 12.1 Å². The summed E-state index contributed by atoms with van der Waals surface area (Å²) in [7, 11) is 2.00. The average molecular weight is 353 g/mol. The molecule has 0 aliphatic rings. The Morgan fingerprint density at radius 2 is 2.12 bits per heavy atom. The zero-order chi connectivity index (χ0) is 17.4. The summed E-state index contributed by atoms with van der Waals surface area (Å²) >= 11 is 1.69. The van der Waals surface area contributed by atoms with Gasteiger partial charge >= 0.3 is 0 Å². The lowest BCUT2D eigenvalue weighted by Gasteiger charge is -2.15. The Morgan fingerprint density at radius 3 is 2.92 bits per heavy atom. The normalized spacial score (nSPS) is 11.6. The molecule has 2 aromatic heterocycles. The number of non-ortho nitro benzene ring substituents is 1. The molecule has 8 heteroatoms. The number of para-hydroxylation sites is 1. The van der Waals surface area contributed by atoms with Gasteiger partial charge in [0.1, 0.15) is 5.01 Å². The molecule has 0 radical (unpaired) electrons. The SMILES string of the molecule is CN(Cc1nc2ccccc2s1)Cn1ncc2cc([N+](=O)[O-])ccc21. The summed E-state index contributed by atoms with van der Waals surface area (Å²) in [4.78, 5) is 17.2. The highest BCUT2D eigenvalue weighted by Crippen LogP contribution is 2.23. The van der Waals surface area contributed by atoms with Crippen LogP contribution >= 0.6 is 11.3 Å². The van der Waals surface area contributed by atoms with Crippen LogP contribution in [0.3, 0.4) is 0 Å². The van der Waals surface area contributed by atoms with Gasteiger partial charge in [-0.3, -0.25) is 19.7 Å². The Balaban J connectivity index is 1.53. The fourth-order valence-electron chi connectivity index (χ4n) is 2.80. The van der Waals surface area contributed by atoms with Gasteiger partial charge in [-0.15, -0.1) is 11.3 Å². The first-order chi connectivity index (χ1) is 12.1. The molecular formula is C17H15N5O2S. The quantitative estimate of drug-likeness (QED) is 0.404. The van der Waals surface area contributed by atoms with Gasteiger partial charge in [-0.2, -0.15) is 5.10 Å². The maximum absolute atomic E-state index is 10.9. The van der Waals surface area contributed by atoms with E-state index in [2.05, 4.69) is 21.0 Å². The topological polar surface area (TPSA) is 77.1 Å². The van der Waals surface area contributed by atoms with Gasteiger partial charge in [0.2, 0.25) is 0 Å². The Bertz CT molecular complexity index is 1040. The Kier molecular flexibility index (Phi) is 3.90. The Morgan fingerprint density at radius 1 is 1.28 bits per heavy atom. The lowest BCUT2D eigenvalue weighted by Crippen LogP contribution is -2.22. The minimum absolute atomic E-state index is 0.0786. The van der Waals surface area contributed by atoms with E-state index in [0.29, 0.717) is 13.2 Å². The van der Waals surface area contributed by atoms with Crippen LogP contribution in [0.5, 0.6) is 0 Å². The molecule has 4 rings (SSSR count). The number of fused-ring (bicyclic) bond motifs is 2. The summed E-state index contributed by atoms with van der Waals surface area (Å²) < 4.78 is 3.02. The smallest absolute Gasteiger partial charge is 0.270 e. The van der Waals surface area contributed by atoms with Crippen LogP contribution in [-0.4, -0.2) is 31.6 Å². The number of hydrogen-bond donors (Lipinski definition) is 0. The summed E-state index contributed by atoms with van der Waals surface area (Å²) in [6.07, 6.45) is 1.66. The van der Waals surface area contributed by atoms with E-state index < -0.39 is 4.92 Å². The summed E-state index contributed by atoms with van der Waals surface area (Å²) in [6.45, 7) is 1.30. The second-order valence-corrected chi connectivity index (χ2v) is 6.99. The number of aromatic nitrogens is 3. The van der Waals surface area contributed by atoms with Crippen molar-refractivity contribution < 1.29 is 4.92 Å². The number of thiazole rings is 1. The van der Waals surface area contributed by atoms with Crippen molar-refractivity contribution in [3.63, 3.8) is 0 Å². The van der Waals surface area contributed by atoms with Gasteiger partial charge < -0.3 is 0 Å². The molecule has 0 amide bonds. The second kappa shape index (κ2) is 6.23. The molecule has 0 atom stereocenters. The van der Waals surface area contributed by atoms with Crippen molar-refractivity contribution in [2.24, 2.45) is 0 Å². The van der Waals surface area contributed by atoms with Crippen molar-refractivity contribution in [1.29, 1.82) is 0 Å². The monoisotopic (exact) mass is 353 g/mol. The van der Waals surface area contributed by atoms with Crippen LogP contribution in [0.15, 0.2) is 48.7 Å². The van der Waals surface area contributed by atoms with Crippen LogP contribution in [0.1, 0.15) is 5.01 Å². The predicted octanol–water partition coefficient (Wildman–Crippen LogP) is 3.64.